The normalized spacial score (nSPS) is 30.1. The molecule has 110 valence electrons. The van der Waals surface area contributed by atoms with Crippen molar-refractivity contribution >= 4 is 5.91 Å². The molecule has 0 radical (unpaired) electrons. The summed E-state index contributed by atoms with van der Waals surface area (Å²) in [6, 6.07) is 1.83. The highest BCUT2D eigenvalue weighted by Crippen LogP contribution is 2.36. The lowest BCUT2D eigenvalue weighted by atomic mass is 9.87. The lowest BCUT2D eigenvalue weighted by Crippen LogP contribution is -2.58. The molecule has 2 fully saturated rings. The van der Waals surface area contributed by atoms with Crippen LogP contribution in [0.2, 0.25) is 0 Å². The van der Waals surface area contributed by atoms with E-state index in [-0.39, 0.29) is 17.6 Å². The highest BCUT2D eigenvalue weighted by Gasteiger charge is 2.48. The molecular weight excluding hydrogens is 258 g/mol. The van der Waals surface area contributed by atoms with E-state index in [1.807, 2.05) is 17.2 Å². The van der Waals surface area contributed by atoms with Crippen LogP contribution < -0.4 is 0 Å². The molecule has 2 aliphatic heterocycles. The summed E-state index contributed by atoms with van der Waals surface area (Å²) in [6.07, 6.45) is 6.44. The molecule has 1 aromatic heterocycles. The van der Waals surface area contributed by atoms with Crippen LogP contribution in [0.15, 0.2) is 18.5 Å². The van der Waals surface area contributed by atoms with Crippen molar-refractivity contribution in [3.05, 3.63) is 18.5 Å². The zero-order chi connectivity index (χ0) is 14.0. The van der Waals surface area contributed by atoms with E-state index in [4.69, 9.17) is 9.47 Å². The average Bonchev–Trinajstić information content (AvgIpc) is 3.11. The van der Waals surface area contributed by atoms with Crippen LogP contribution in [0.25, 0.3) is 0 Å². The van der Waals surface area contributed by atoms with Gasteiger partial charge in [-0.2, -0.15) is 5.10 Å². The molecule has 1 aromatic rings. The fraction of sp³-hybridized carbons (Fsp3) is 0.714. The number of nitrogens with zero attached hydrogens (tertiary/aromatic N) is 3. The number of methoxy groups -OCH3 is 1. The lowest BCUT2D eigenvalue weighted by molar-refractivity contribution is -0.161. The Bertz CT molecular complexity index is 454. The van der Waals surface area contributed by atoms with E-state index >= 15 is 0 Å². The summed E-state index contributed by atoms with van der Waals surface area (Å²) in [6.45, 7) is 2.41. The molecule has 3 rings (SSSR count). The van der Waals surface area contributed by atoms with Crippen molar-refractivity contribution in [2.75, 3.05) is 26.8 Å². The Balaban J connectivity index is 1.68. The Morgan fingerprint density at radius 3 is 3.15 bits per heavy atom. The predicted octanol–water partition coefficient (Wildman–Crippen LogP) is 0.680. The Morgan fingerprint density at radius 2 is 2.50 bits per heavy atom. The van der Waals surface area contributed by atoms with Crippen LogP contribution in [-0.2, 0) is 20.8 Å². The van der Waals surface area contributed by atoms with Crippen LogP contribution in [0, 0.1) is 0 Å². The van der Waals surface area contributed by atoms with E-state index in [9.17, 15) is 4.79 Å². The Kier molecular flexibility index (Phi) is 3.76. The number of hydrogen-bond acceptors (Lipinski definition) is 4. The zero-order valence-electron chi connectivity index (χ0n) is 11.8. The van der Waals surface area contributed by atoms with E-state index in [0.717, 1.165) is 32.4 Å². The van der Waals surface area contributed by atoms with Crippen molar-refractivity contribution < 1.29 is 14.3 Å². The molecule has 0 bridgehead atoms. The van der Waals surface area contributed by atoms with Crippen molar-refractivity contribution in [3.63, 3.8) is 0 Å². The molecule has 2 saturated heterocycles. The van der Waals surface area contributed by atoms with Gasteiger partial charge in [0.2, 0.25) is 5.91 Å². The van der Waals surface area contributed by atoms with Gasteiger partial charge >= 0.3 is 0 Å². The molecule has 3 heterocycles. The van der Waals surface area contributed by atoms with Gasteiger partial charge in [0.1, 0.15) is 12.1 Å². The number of carbonyl (C=O) groups excluding carboxylic acids is 1. The number of ether oxygens (including phenoxy) is 2. The quantitative estimate of drug-likeness (QED) is 0.816. The molecule has 2 aliphatic rings. The van der Waals surface area contributed by atoms with Crippen LogP contribution in [-0.4, -0.2) is 59.1 Å². The first kappa shape index (κ1) is 13.6. The van der Waals surface area contributed by atoms with Gasteiger partial charge in [0.05, 0.1) is 12.6 Å². The summed E-state index contributed by atoms with van der Waals surface area (Å²) in [5.41, 5.74) is -0.299. The van der Waals surface area contributed by atoms with Crippen LogP contribution >= 0.6 is 0 Å². The van der Waals surface area contributed by atoms with Gasteiger partial charge in [-0.05, 0) is 25.3 Å². The second-order valence-corrected chi connectivity index (χ2v) is 5.55. The first-order valence-electron chi connectivity index (χ1n) is 7.15. The number of piperidine rings is 1. The van der Waals surface area contributed by atoms with Gasteiger partial charge < -0.3 is 14.4 Å². The summed E-state index contributed by atoms with van der Waals surface area (Å²) in [7, 11) is 1.73. The summed E-state index contributed by atoms with van der Waals surface area (Å²) in [4.78, 5) is 14.3. The van der Waals surface area contributed by atoms with Gasteiger partial charge in [0.15, 0.2) is 0 Å². The van der Waals surface area contributed by atoms with Gasteiger partial charge in [-0.15, -0.1) is 0 Å². The van der Waals surface area contributed by atoms with E-state index in [0.29, 0.717) is 13.1 Å². The zero-order valence-corrected chi connectivity index (χ0v) is 11.8. The fourth-order valence-electron chi connectivity index (χ4n) is 3.32. The number of likely N-dealkylation sites (tertiary alicyclic amines) is 1. The highest BCUT2D eigenvalue weighted by atomic mass is 16.6. The third-order valence-electron chi connectivity index (χ3n) is 4.33. The minimum absolute atomic E-state index is 0.0955. The number of carbonyl (C=O) groups is 1. The monoisotopic (exact) mass is 279 g/mol. The second kappa shape index (κ2) is 5.54. The van der Waals surface area contributed by atoms with Gasteiger partial charge in [0.25, 0.3) is 0 Å². The van der Waals surface area contributed by atoms with Crippen molar-refractivity contribution in [1.82, 2.24) is 14.7 Å². The SMILES string of the molecule is CO[C@H]1CCN(C(=O)Cn2cccn2)C[C@@]12CCCO2. The fourth-order valence-corrected chi connectivity index (χ4v) is 3.32. The molecule has 1 spiro atoms. The maximum absolute atomic E-state index is 12.4. The first-order chi connectivity index (χ1) is 9.73. The summed E-state index contributed by atoms with van der Waals surface area (Å²) in [5.74, 6) is 0.0955. The third kappa shape index (κ3) is 2.45. The lowest BCUT2D eigenvalue weighted by Gasteiger charge is -2.44. The van der Waals surface area contributed by atoms with Gasteiger partial charge in [-0.3, -0.25) is 9.48 Å². The van der Waals surface area contributed by atoms with Crippen molar-refractivity contribution in [3.8, 4) is 0 Å². The number of rotatable bonds is 3. The molecule has 0 saturated carbocycles. The highest BCUT2D eigenvalue weighted by molar-refractivity contribution is 5.76. The van der Waals surface area contributed by atoms with Crippen LogP contribution in [0.5, 0.6) is 0 Å². The van der Waals surface area contributed by atoms with Gasteiger partial charge in [-0.25, -0.2) is 0 Å². The Labute approximate surface area is 118 Å². The van der Waals surface area contributed by atoms with Crippen molar-refractivity contribution in [2.24, 2.45) is 0 Å². The summed E-state index contributed by atoms with van der Waals surface area (Å²) in [5, 5.41) is 4.08. The minimum Gasteiger partial charge on any atom is -0.378 e. The van der Waals surface area contributed by atoms with Gasteiger partial charge in [-0.1, -0.05) is 0 Å². The predicted molar refractivity (Wildman–Crippen MR) is 72.1 cm³/mol. The maximum Gasteiger partial charge on any atom is 0.244 e. The van der Waals surface area contributed by atoms with E-state index < -0.39 is 0 Å². The summed E-state index contributed by atoms with van der Waals surface area (Å²) < 4.78 is 13.2. The molecule has 0 aromatic carbocycles. The smallest absolute Gasteiger partial charge is 0.244 e. The number of hydrogen-bond donors (Lipinski definition) is 0. The van der Waals surface area contributed by atoms with E-state index in [2.05, 4.69) is 5.10 Å². The second-order valence-electron chi connectivity index (χ2n) is 5.55. The standard InChI is InChI=1S/C14H21N3O3/c1-19-12-4-8-16(11-14(12)5-2-9-20-14)13(18)10-17-7-3-6-15-17/h3,6-7,12H,2,4-5,8-11H2,1H3/t12-,14-/m0/s1. The molecular formula is C14H21N3O3. The average molecular weight is 279 g/mol. The molecule has 20 heavy (non-hydrogen) atoms. The van der Waals surface area contributed by atoms with Gasteiger partial charge in [0, 0.05) is 32.7 Å². The molecule has 6 nitrogen and oxygen atoms in total. The minimum atomic E-state index is -0.299. The Morgan fingerprint density at radius 1 is 1.60 bits per heavy atom. The van der Waals surface area contributed by atoms with Crippen molar-refractivity contribution in [1.29, 1.82) is 0 Å². The number of amides is 1. The summed E-state index contributed by atoms with van der Waals surface area (Å²) >= 11 is 0. The molecule has 2 atom stereocenters. The first-order valence-corrected chi connectivity index (χ1v) is 7.15. The molecule has 0 N–H and O–H groups in total. The third-order valence-corrected chi connectivity index (χ3v) is 4.33. The van der Waals surface area contributed by atoms with E-state index in [1.54, 1.807) is 18.0 Å². The van der Waals surface area contributed by atoms with Crippen LogP contribution in [0.3, 0.4) is 0 Å². The number of aromatic nitrogens is 2. The topological polar surface area (TPSA) is 56.6 Å². The van der Waals surface area contributed by atoms with Crippen molar-refractivity contribution in [2.45, 2.75) is 37.5 Å². The molecule has 6 heteroatoms. The molecule has 0 unspecified atom stereocenters. The van der Waals surface area contributed by atoms with Crippen LogP contribution in [0.4, 0.5) is 0 Å². The largest absolute Gasteiger partial charge is 0.378 e. The van der Waals surface area contributed by atoms with Crippen LogP contribution in [0.1, 0.15) is 19.3 Å². The maximum atomic E-state index is 12.4. The Hall–Kier alpha value is -1.40. The van der Waals surface area contributed by atoms with E-state index in [1.165, 1.54) is 0 Å². The molecule has 1 amide bonds. The molecule has 0 aliphatic carbocycles.